The number of allylic oxidation sites excluding steroid dienone is 2. The van der Waals surface area contributed by atoms with E-state index in [0.29, 0.717) is 0 Å². The number of alkyl halides is 2. The zero-order chi connectivity index (χ0) is 11.9. The summed E-state index contributed by atoms with van der Waals surface area (Å²) in [6.07, 6.45) is 1.60. The molecule has 0 aromatic heterocycles. The van der Waals surface area contributed by atoms with Gasteiger partial charge in [0.05, 0.1) is 0 Å². The van der Waals surface area contributed by atoms with Crippen LogP contribution in [0.5, 0.6) is 0 Å². The predicted octanol–water partition coefficient (Wildman–Crippen LogP) is 2.23. The number of ether oxygens (including phenoxy) is 1. The number of hydrogen-bond donors (Lipinski definition) is 0. The molecular weight excluding hydrogens is 206 g/mol. The van der Waals surface area contributed by atoms with Crippen LogP contribution >= 0.6 is 0 Å². The number of carbonyl (C=O) groups excluding carboxylic acids is 2. The summed E-state index contributed by atoms with van der Waals surface area (Å²) < 4.78 is 29.5. The first-order valence-corrected chi connectivity index (χ1v) is 4.28. The zero-order valence-electron chi connectivity index (χ0n) is 8.17. The van der Waals surface area contributed by atoms with Crippen molar-refractivity contribution in [2.45, 2.75) is 25.2 Å². The molecule has 0 aromatic rings. The highest BCUT2D eigenvalue weighted by Gasteiger charge is 2.40. The number of hydrogen-bond acceptors (Lipinski definition) is 3. The van der Waals surface area contributed by atoms with E-state index >= 15 is 0 Å². The van der Waals surface area contributed by atoms with E-state index in [0.717, 1.165) is 6.08 Å². The lowest BCUT2D eigenvalue weighted by Gasteiger charge is -2.11. The average molecular weight is 218 g/mol. The first-order chi connectivity index (χ1) is 6.94. The lowest BCUT2D eigenvalue weighted by atomic mass is 10.2. The van der Waals surface area contributed by atoms with E-state index in [2.05, 4.69) is 17.9 Å². The van der Waals surface area contributed by atoms with Crippen LogP contribution in [0, 0.1) is 0 Å². The first-order valence-electron chi connectivity index (χ1n) is 4.28. The second-order valence-corrected chi connectivity index (χ2v) is 2.79. The number of halogens is 2. The Morgan fingerprint density at radius 1 is 1.27 bits per heavy atom. The van der Waals surface area contributed by atoms with Crippen molar-refractivity contribution >= 4 is 11.9 Å². The topological polar surface area (TPSA) is 43.4 Å². The van der Waals surface area contributed by atoms with Gasteiger partial charge in [0.15, 0.2) is 0 Å². The largest absolute Gasteiger partial charge is 0.389 e. The van der Waals surface area contributed by atoms with E-state index in [1.807, 2.05) is 0 Å². The van der Waals surface area contributed by atoms with Gasteiger partial charge in [0, 0.05) is 12.8 Å². The van der Waals surface area contributed by atoms with Gasteiger partial charge in [-0.25, -0.2) is 4.79 Å². The van der Waals surface area contributed by atoms with Crippen LogP contribution in [0.2, 0.25) is 0 Å². The predicted molar refractivity (Wildman–Crippen MR) is 50.3 cm³/mol. The third-order valence-electron chi connectivity index (χ3n) is 1.46. The fourth-order valence-electron chi connectivity index (χ4n) is 0.714. The molecule has 0 aliphatic heterocycles. The molecule has 5 heteroatoms. The fourth-order valence-corrected chi connectivity index (χ4v) is 0.714. The zero-order valence-corrected chi connectivity index (χ0v) is 8.17. The molecule has 0 atom stereocenters. The Balaban J connectivity index is 4.17. The molecule has 15 heavy (non-hydrogen) atoms. The minimum atomic E-state index is -3.69. The summed E-state index contributed by atoms with van der Waals surface area (Å²) >= 11 is 0. The van der Waals surface area contributed by atoms with Gasteiger partial charge < -0.3 is 4.74 Å². The van der Waals surface area contributed by atoms with Gasteiger partial charge >= 0.3 is 17.9 Å². The van der Waals surface area contributed by atoms with Gasteiger partial charge in [-0.3, -0.25) is 4.79 Å². The van der Waals surface area contributed by atoms with Crippen LogP contribution in [0.4, 0.5) is 8.78 Å². The Hall–Kier alpha value is -1.52. The van der Waals surface area contributed by atoms with E-state index in [1.165, 1.54) is 6.08 Å². The van der Waals surface area contributed by atoms with Crippen molar-refractivity contribution in [1.82, 2.24) is 0 Å². The van der Waals surface area contributed by atoms with Crippen molar-refractivity contribution in [1.29, 1.82) is 0 Å². The van der Waals surface area contributed by atoms with Crippen LogP contribution in [0.1, 0.15) is 19.3 Å². The van der Waals surface area contributed by atoms with E-state index in [9.17, 15) is 18.4 Å². The second-order valence-electron chi connectivity index (χ2n) is 2.79. The maximum Gasteiger partial charge on any atom is 0.384 e. The van der Waals surface area contributed by atoms with Crippen molar-refractivity contribution in [2.75, 3.05) is 0 Å². The molecule has 0 bridgehead atoms. The minimum Gasteiger partial charge on any atom is -0.389 e. The Morgan fingerprint density at radius 3 is 2.33 bits per heavy atom. The maximum atomic E-state index is 12.8. The number of rotatable bonds is 6. The summed E-state index contributed by atoms with van der Waals surface area (Å²) in [6, 6.07) is 0. The molecule has 3 nitrogen and oxygen atoms in total. The summed E-state index contributed by atoms with van der Waals surface area (Å²) in [5.41, 5.74) is 0. The summed E-state index contributed by atoms with van der Waals surface area (Å²) in [5.74, 6) is -6.51. The van der Waals surface area contributed by atoms with Crippen LogP contribution < -0.4 is 0 Å². The van der Waals surface area contributed by atoms with Crippen LogP contribution in [0.3, 0.4) is 0 Å². The third kappa shape index (κ3) is 5.05. The number of esters is 2. The Morgan fingerprint density at radius 2 is 1.87 bits per heavy atom. The van der Waals surface area contributed by atoms with Gasteiger partial charge in [0.1, 0.15) is 0 Å². The standard InChI is InChI=1S/C10H12F2O3/c1-3-5-6-8(13)15-9(14)10(11,12)7-4-2/h3-4H,1-2,5-7H2. The van der Waals surface area contributed by atoms with Gasteiger partial charge in [-0.2, -0.15) is 8.78 Å². The van der Waals surface area contributed by atoms with E-state index in [4.69, 9.17) is 0 Å². The summed E-state index contributed by atoms with van der Waals surface area (Å²) in [5, 5.41) is 0. The van der Waals surface area contributed by atoms with Crippen LogP contribution in [0.25, 0.3) is 0 Å². The van der Waals surface area contributed by atoms with E-state index in [1.54, 1.807) is 0 Å². The molecule has 0 saturated carbocycles. The molecule has 0 rings (SSSR count). The lowest BCUT2D eigenvalue weighted by Crippen LogP contribution is -2.31. The highest BCUT2D eigenvalue weighted by Crippen LogP contribution is 2.20. The summed E-state index contributed by atoms with van der Waals surface area (Å²) in [4.78, 5) is 21.6. The molecule has 0 heterocycles. The number of carbonyl (C=O) groups is 2. The molecule has 0 aliphatic rings. The van der Waals surface area contributed by atoms with Gasteiger partial charge in [-0.15, -0.1) is 13.2 Å². The summed E-state index contributed by atoms with van der Waals surface area (Å²) in [6.45, 7) is 6.41. The van der Waals surface area contributed by atoms with Gasteiger partial charge in [-0.05, 0) is 6.42 Å². The minimum absolute atomic E-state index is 0.139. The molecule has 0 aliphatic carbocycles. The molecule has 0 N–H and O–H groups in total. The highest BCUT2D eigenvalue weighted by molar-refractivity contribution is 5.89. The van der Waals surface area contributed by atoms with Crippen LogP contribution in [0.15, 0.2) is 25.3 Å². The normalized spacial score (nSPS) is 10.5. The highest BCUT2D eigenvalue weighted by atomic mass is 19.3. The molecule has 0 saturated heterocycles. The Kier molecular flexibility index (Phi) is 5.44. The van der Waals surface area contributed by atoms with Crippen LogP contribution in [-0.4, -0.2) is 17.9 Å². The van der Waals surface area contributed by atoms with Crippen molar-refractivity contribution in [2.24, 2.45) is 0 Å². The average Bonchev–Trinajstić information content (AvgIpc) is 2.14. The van der Waals surface area contributed by atoms with Gasteiger partial charge in [-0.1, -0.05) is 12.2 Å². The fraction of sp³-hybridized carbons (Fsp3) is 0.400. The smallest absolute Gasteiger partial charge is 0.384 e. The third-order valence-corrected chi connectivity index (χ3v) is 1.46. The van der Waals surface area contributed by atoms with E-state index in [-0.39, 0.29) is 12.8 Å². The van der Waals surface area contributed by atoms with Crippen molar-refractivity contribution in [3.8, 4) is 0 Å². The molecule has 0 unspecified atom stereocenters. The molecule has 0 spiro atoms. The Labute approximate surface area is 86.4 Å². The molecule has 0 aromatic carbocycles. The molecule has 84 valence electrons. The molecule has 0 radical (unpaired) electrons. The molecule has 0 fully saturated rings. The van der Waals surface area contributed by atoms with Crippen molar-refractivity contribution in [3.63, 3.8) is 0 Å². The van der Waals surface area contributed by atoms with Crippen molar-refractivity contribution in [3.05, 3.63) is 25.3 Å². The maximum absolute atomic E-state index is 12.8. The quantitative estimate of drug-likeness (QED) is 0.390. The molecule has 0 amide bonds. The van der Waals surface area contributed by atoms with Crippen LogP contribution in [-0.2, 0) is 14.3 Å². The van der Waals surface area contributed by atoms with Gasteiger partial charge in [0.25, 0.3) is 0 Å². The molecular formula is C10H12F2O3. The Bertz CT molecular complexity index is 272. The lowest BCUT2D eigenvalue weighted by molar-refractivity contribution is -0.178. The van der Waals surface area contributed by atoms with E-state index < -0.39 is 24.3 Å². The second kappa shape index (κ2) is 6.06. The summed E-state index contributed by atoms with van der Waals surface area (Å²) in [7, 11) is 0. The van der Waals surface area contributed by atoms with Crippen molar-refractivity contribution < 1.29 is 23.1 Å². The first kappa shape index (κ1) is 13.5. The monoisotopic (exact) mass is 218 g/mol. The van der Waals surface area contributed by atoms with Gasteiger partial charge in [0.2, 0.25) is 0 Å². The SMILES string of the molecule is C=CCCC(=O)OC(=O)C(F)(F)CC=C.